The summed E-state index contributed by atoms with van der Waals surface area (Å²) in [6.07, 6.45) is 0. The van der Waals surface area contributed by atoms with Crippen molar-refractivity contribution in [2.75, 3.05) is 13.2 Å². The molecule has 0 N–H and O–H groups in total. The second kappa shape index (κ2) is 3.11. The van der Waals surface area contributed by atoms with Crippen LogP contribution in [0.15, 0.2) is 10.5 Å². The first-order valence-electron chi connectivity index (χ1n) is 3.39. The maximum atomic E-state index is 5.71. The Hall–Kier alpha value is -0.480. The van der Waals surface area contributed by atoms with Gasteiger partial charge in [-0.25, -0.2) is 0 Å². The summed E-state index contributed by atoms with van der Waals surface area (Å²) in [5.41, 5.74) is 0. The molecule has 1 aliphatic rings. The van der Waals surface area contributed by atoms with Crippen LogP contribution in [0.2, 0.25) is 5.15 Å². The van der Waals surface area contributed by atoms with Gasteiger partial charge in [0, 0.05) is 0 Å². The molecule has 0 saturated heterocycles. The molecule has 1 aliphatic heterocycles. The highest BCUT2D eigenvalue weighted by Gasteiger charge is 2.17. The SMILES string of the molecule is Clc1cc(Br)c2c(n1)OCCO2. The fourth-order valence-electron chi connectivity index (χ4n) is 0.963. The van der Waals surface area contributed by atoms with Gasteiger partial charge in [0.2, 0.25) is 0 Å². The van der Waals surface area contributed by atoms with Gasteiger partial charge in [-0.3, -0.25) is 0 Å². The van der Waals surface area contributed by atoms with Crippen molar-refractivity contribution in [3.8, 4) is 11.6 Å². The number of nitrogens with zero attached hydrogens (tertiary/aromatic N) is 1. The Labute approximate surface area is 82.8 Å². The Morgan fingerprint density at radius 2 is 2.17 bits per heavy atom. The highest BCUT2D eigenvalue weighted by atomic mass is 79.9. The summed E-state index contributed by atoms with van der Waals surface area (Å²) in [6, 6.07) is 1.68. The molecular weight excluding hydrogens is 245 g/mol. The molecule has 0 fully saturated rings. The minimum Gasteiger partial charge on any atom is -0.483 e. The fraction of sp³-hybridized carbons (Fsp3) is 0.286. The van der Waals surface area contributed by atoms with Crippen LogP contribution in [0.1, 0.15) is 0 Å². The molecule has 2 rings (SSSR count). The predicted molar refractivity (Wildman–Crippen MR) is 47.9 cm³/mol. The summed E-state index contributed by atoms with van der Waals surface area (Å²) in [4.78, 5) is 3.96. The molecule has 0 radical (unpaired) electrons. The van der Waals surface area contributed by atoms with Crippen LogP contribution in [-0.4, -0.2) is 18.2 Å². The average Bonchev–Trinajstić information content (AvgIpc) is 2.04. The van der Waals surface area contributed by atoms with Gasteiger partial charge in [-0.2, -0.15) is 4.98 Å². The molecule has 1 aromatic heterocycles. The molecule has 0 bridgehead atoms. The van der Waals surface area contributed by atoms with Gasteiger partial charge in [0.1, 0.15) is 18.4 Å². The zero-order chi connectivity index (χ0) is 8.55. The van der Waals surface area contributed by atoms with Crippen molar-refractivity contribution in [2.45, 2.75) is 0 Å². The Kier molecular flexibility index (Phi) is 2.11. The minimum absolute atomic E-state index is 0.395. The first kappa shape index (κ1) is 8.13. The Bertz CT molecular complexity index is 319. The molecule has 5 heteroatoms. The lowest BCUT2D eigenvalue weighted by molar-refractivity contribution is 0.163. The van der Waals surface area contributed by atoms with Crippen molar-refractivity contribution < 1.29 is 9.47 Å². The molecule has 0 spiro atoms. The van der Waals surface area contributed by atoms with Crippen molar-refractivity contribution in [3.63, 3.8) is 0 Å². The zero-order valence-electron chi connectivity index (χ0n) is 6.01. The van der Waals surface area contributed by atoms with Crippen molar-refractivity contribution in [1.29, 1.82) is 0 Å². The summed E-state index contributed by atoms with van der Waals surface area (Å²) in [7, 11) is 0. The van der Waals surface area contributed by atoms with Crippen molar-refractivity contribution >= 4 is 27.5 Å². The first-order chi connectivity index (χ1) is 5.77. The van der Waals surface area contributed by atoms with Gasteiger partial charge in [-0.1, -0.05) is 11.6 Å². The van der Waals surface area contributed by atoms with Crippen LogP contribution < -0.4 is 9.47 Å². The third-order valence-electron chi connectivity index (χ3n) is 1.43. The number of halogens is 2. The summed E-state index contributed by atoms with van der Waals surface area (Å²) in [6.45, 7) is 1.07. The van der Waals surface area contributed by atoms with Crippen LogP contribution in [0.25, 0.3) is 0 Å². The number of ether oxygens (including phenoxy) is 2. The van der Waals surface area contributed by atoms with E-state index in [-0.39, 0.29) is 0 Å². The van der Waals surface area contributed by atoms with Gasteiger partial charge in [-0.05, 0) is 22.0 Å². The van der Waals surface area contributed by atoms with Crippen LogP contribution in [0.4, 0.5) is 0 Å². The van der Waals surface area contributed by atoms with Gasteiger partial charge in [0.05, 0.1) is 4.47 Å². The molecule has 0 saturated carbocycles. The number of pyridine rings is 1. The maximum Gasteiger partial charge on any atom is 0.259 e. The number of rotatable bonds is 0. The van der Waals surface area contributed by atoms with E-state index in [4.69, 9.17) is 21.1 Å². The average molecular weight is 250 g/mol. The molecule has 64 valence electrons. The molecule has 0 amide bonds. The summed E-state index contributed by atoms with van der Waals surface area (Å²) in [5.74, 6) is 1.09. The number of hydrogen-bond donors (Lipinski definition) is 0. The van der Waals surface area contributed by atoms with Crippen LogP contribution in [0, 0.1) is 0 Å². The topological polar surface area (TPSA) is 31.4 Å². The quantitative estimate of drug-likeness (QED) is 0.662. The molecular formula is C7H5BrClNO2. The second-order valence-corrected chi connectivity index (χ2v) is 3.50. The highest BCUT2D eigenvalue weighted by Crippen LogP contribution is 2.37. The Balaban J connectivity index is 2.53. The minimum atomic E-state index is 0.395. The largest absolute Gasteiger partial charge is 0.483 e. The van der Waals surface area contributed by atoms with E-state index in [9.17, 15) is 0 Å². The molecule has 0 atom stereocenters. The van der Waals surface area contributed by atoms with Gasteiger partial charge in [0.15, 0.2) is 5.75 Å². The highest BCUT2D eigenvalue weighted by molar-refractivity contribution is 9.10. The van der Waals surface area contributed by atoms with E-state index >= 15 is 0 Å². The number of hydrogen-bond acceptors (Lipinski definition) is 3. The van der Waals surface area contributed by atoms with E-state index < -0.39 is 0 Å². The third kappa shape index (κ3) is 1.36. The van der Waals surface area contributed by atoms with E-state index in [1.807, 2.05) is 0 Å². The molecule has 2 heterocycles. The van der Waals surface area contributed by atoms with Crippen molar-refractivity contribution in [1.82, 2.24) is 4.98 Å². The summed E-state index contributed by atoms with van der Waals surface area (Å²) >= 11 is 9.01. The van der Waals surface area contributed by atoms with Gasteiger partial charge in [-0.15, -0.1) is 0 Å². The summed E-state index contributed by atoms with van der Waals surface area (Å²) in [5, 5.41) is 0.395. The van der Waals surface area contributed by atoms with E-state index in [2.05, 4.69) is 20.9 Å². The number of fused-ring (bicyclic) bond motifs is 1. The van der Waals surface area contributed by atoms with Crippen LogP contribution in [-0.2, 0) is 0 Å². The van der Waals surface area contributed by atoms with Crippen molar-refractivity contribution in [3.05, 3.63) is 15.7 Å². The van der Waals surface area contributed by atoms with E-state index in [0.29, 0.717) is 30.0 Å². The fourth-order valence-corrected chi connectivity index (χ4v) is 1.78. The predicted octanol–water partition coefficient (Wildman–Crippen LogP) is 2.27. The van der Waals surface area contributed by atoms with Crippen LogP contribution >= 0.6 is 27.5 Å². The monoisotopic (exact) mass is 249 g/mol. The van der Waals surface area contributed by atoms with Crippen LogP contribution in [0.5, 0.6) is 11.6 Å². The Morgan fingerprint density at radius 1 is 1.42 bits per heavy atom. The standard InChI is InChI=1S/C7H5BrClNO2/c8-4-3-5(9)10-7-6(4)11-1-2-12-7/h3H,1-2H2. The lowest BCUT2D eigenvalue weighted by Crippen LogP contribution is -2.16. The summed E-state index contributed by atoms with van der Waals surface area (Å²) < 4.78 is 11.3. The maximum absolute atomic E-state index is 5.71. The normalized spacial score (nSPS) is 14.5. The molecule has 0 unspecified atom stereocenters. The van der Waals surface area contributed by atoms with Gasteiger partial charge in [0.25, 0.3) is 5.88 Å². The number of aromatic nitrogens is 1. The first-order valence-corrected chi connectivity index (χ1v) is 4.56. The van der Waals surface area contributed by atoms with Crippen LogP contribution in [0.3, 0.4) is 0 Å². The van der Waals surface area contributed by atoms with Gasteiger partial charge < -0.3 is 9.47 Å². The molecule has 1 aromatic rings. The van der Waals surface area contributed by atoms with Gasteiger partial charge >= 0.3 is 0 Å². The van der Waals surface area contributed by atoms with E-state index in [1.165, 1.54) is 0 Å². The van der Waals surface area contributed by atoms with E-state index in [0.717, 1.165) is 4.47 Å². The van der Waals surface area contributed by atoms with Crippen molar-refractivity contribution in [2.24, 2.45) is 0 Å². The lowest BCUT2D eigenvalue weighted by atomic mass is 10.4. The zero-order valence-corrected chi connectivity index (χ0v) is 8.35. The molecule has 0 aromatic carbocycles. The van der Waals surface area contributed by atoms with E-state index in [1.54, 1.807) is 6.07 Å². The molecule has 3 nitrogen and oxygen atoms in total. The molecule has 0 aliphatic carbocycles. The Morgan fingerprint density at radius 3 is 3.00 bits per heavy atom. The second-order valence-electron chi connectivity index (χ2n) is 2.26. The molecule has 12 heavy (non-hydrogen) atoms. The third-order valence-corrected chi connectivity index (χ3v) is 2.22. The lowest BCUT2D eigenvalue weighted by Gasteiger charge is -2.18. The smallest absolute Gasteiger partial charge is 0.259 e.